The van der Waals surface area contributed by atoms with E-state index in [1.165, 1.54) is 0 Å². The van der Waals surface area contributed by atoms with Gasteiger partial charge in [-0.2, -0.15) is 0 Å². The van der Waals surface area contributed by atoms with E-state index in [2.05, 4.69) is 25.2 Å². The Morgan fingerprint density at radius 2 is 2.16 bits per heavy atom. The molecule has 0 radical (unpaired) electrons. The van der Waals surface area contributed by atoms with Crippen LogP contribution >= 0.6 is 0 Å². The minimum Gasteiger partial charge on any atom is -0.337 e. The zero-order valence-electron chi connectivity index (χ0n) is 14.2. The van der Waals surface area contributed by atoms with Gasteiger partial charge in [-0.25, -0.2) is 14.4 Å². The Morgan fingerprint density at radius 3 is 3.00 bits per heavy atom. The number of likely N-dealkylation sites (tertiary alicyclic amines) is 1. The highest BCUT2D eigenvalue weighted by atomic mass is 19.1. The van der Waals surface area contributed by atoms with Crippen molar-refractivity contribution in [2.24, 2.45) is 7.05 Å². The molecule has 4 heterocycles. The first-order valence-corrected chi connectivity index (χ1v) is 8.51. The molecule has 2 atom stereocenters. The minimum absolute atomic E-state index is 0.174. The first kappa shape index (κ1) is 16.2. The molecule has 1 fully saturated rings. The molecular weight excluding hydrogens is 321 g/mol. The number of aromatic nitrogens is 5. The van der Waals surface area contributed by atoms with E-state index in [0.29, 0.717) is 26.1 Å². The average molecular weight is 343 g/mol. The van der Waals surface area contributed by atoms with Crippen LogP contribution in [0.1, 0.15) is 17.9 Å². The Morgan fingerprint density at radius 1 is 1.24 bits per heavy atom. The summed E-state index contributed by atoms with van der Waals surface area (Å²) >= 11 is 0. The summed E-state index contributed by atoms with van der Waals surface area (Å²) in [6, 6.07) is 0.174. The molecular formula is C17H22FN7. The van der Waals surface area contributed by atoms with Crippen molar-refractivity contribution >= 4 is 5.65 Å². The third-order valence-electron chi connectivity index (χ3n) is 4.82. The summed E-state index contributed by atoms with van der Waals surface area (Å²) in [4.78, 5) is 14.9. The maximum atomic E-state index is 13.9. The molecule has 25 heavy (non-hydrogen) atoms. The number of nitrogens with one attached hydrogen (secondary N) is 1. The van der Waals surface area contributed by atoms with Crippen LogP contribution in [0.5, 0.6) is 0 Å². The number of halogens is 1. The summed E-state index contributed by atoms with van der Waals surface area (Å²) in [6.45, 7) is 2.58. The fraction of sp³-hybridized carbons (Fsp3) is 0.471. The molecule has 0 spiro atoms. The summed E-state index contributed by atoms with van der Waals surface area (Å²) in [6.07, 6.45) is 10.7. The van der Waals surface area contributed by atoms with Gasteiger partial charge in [0.25, 0.3) is 0 Å². The maximum absolute atomic E-state index is 13.9. The summed E-state index contributed by atoms with van der Waals surface area (Å²) in [5.74, 6) is 0.966. The van der Waals surface area contributed by atoms with Gasteiger partial charge >= 0.3 is 0 Å². The lowest BCUT2D eigenvalue weighted by molar-refractivity contribution is 0.222. The second kappa shape index (κ2) is 6.89. The molecule has 0 aromatic carbocycles. The highest BCUT2D eigenvalue weighted by Gasteiger charge is 2.32. The lowest BCUT2D eigenvalue weighted by atomic mass is 10.2. The van der Waals surface area contributed by atoms with Crippen molar-refractivity contribution in [2.75, 3.05) is 13.1 Å². The summed E-state index contributed by atoms with van der Waals surface area (Å²) in [5.41, 5.74) is 1.91. The van der Waals surface area contributed by atoms with E-state index in [0.717, 1.165) is 23.7 Å². The monoisotopic (exact) mass is 343 g/mol. The maximum Gasteiger partial charge on any atom is 0.155 e. The van der Waals surface area contributed by atoms with Crippen molar-refractivity contribution in [3.63, 3.8) is 0 Å². The third-order valence-corrected chi connectivity index (χ3v) is 4.82. The van der Waals surface area contributed by atoms with Crippen molar-refractivity contribution in [2.45, 2.75) is 31.7 Å². The number of fused-ring (bicyclic) bond motifs is 1. The number of nitrogens with zero attached hydrogens (tertiary/aromatic N) is 6. The van der Waals surface area contributed by atoms with Gasteiger partial charge < -0.3 is 9.88 Å². The third kappa shape index (κ3) is 3.40. The number of rotatable bonds is 6. The number of hydrogen-bond acceptors (Lipinski definition) is 5. The first-order chi connectivity index (χ1) is 12.2. The van der Waals surface area contributed by atoms with Crippen LogP contribution in [0.2, 0.25) is 0 Å². The van der Waals surface area contributed by atoms with Gasteiger partial charge in [-0.15, -0.1) is 0 Å². The smallest absolute Gasteiger partial charge is 0.155 e. The van der Waals surface area contributed by atoms with E-state index in [9.17, 15) is 4.39 Å². The van der Waals surface area contributed by atoms with Crippen molar-refractivity contribution in [3.05, 3.63) is 48.7 Å². The molecule has 1 N–H and O–H groups in total. The van der Waals surface area contributed by atoms with Crippen LogP contribution in [0.15, 0.2) is 37.2 Å². The van der Waals surface area contributed by atoms with Crippen LogP contribution in [0, 0.1) is 0 Å². The SMILES string of the molecule is Cn1ccnc1CN1C[C@@H](F)C[C@H]1CNCc1cnc2cnccn12. The average Bonchev–Trinajstić information content (AvgIpc) is 3.29. The zero-order chi connectivity index (χ0) is 17.2. The largest absolute Gasteiger partial charge is 0.337 e. The fourth-order valence-electron chi connectivity index (χ4n) is 3.45. The highest BCUT2D eigenvalue weighted by molar-refractivity contribution is 5.36. The Hall–Kier alpha value is -2.32. The van der Waals surface area contributed by atoms with Crippen LogP contribution in [0.25, 0.3) is 5.65 Å². The second-order valence-electron chi connectivity index (χ2n) is 6.56. The van der Waals surface area contributed by atoms with Gasteiger partial charge in [0.1, 0.15) is 12.0 Å². The van der Waals surface area contributed by atoms with Gasteiger partial charge in [0.05, 0.1) is 24.6 Å². The van der Waals surface area contributed by atoms with Gasteiger partial charge in [-0.05, 0) is 6.42 Å². The van der Waals surface area contributed by atoms with Crippen LogP contribution in [0.3, 0.4) is 0 Å². The zero-order valence-corrected chi connectivity index (χ0v) is 14.2. The molecule has 1 saturated heterocycles. The summed E-state index contributed by atoms with van der Waals surface area (Å²) in [7, 11) is 1.97. The number of imidazole rings is 2. The van der Waals surface area contributed by atoms with Crippen molar-refractivity contribution in [1.29, 1.82) is 0 Å². The Kier molecular flexibility index (Phi) is 4.46. The molecule has 1 aliphatic heterocycles. The Labute approximate surface area is 145 Å². The number of alkyl halides is 1. The summed E-state index contributed by atoms with van der Waals surface area (Å²) < 4.78 is 17.9. The van der Waals surface area contributed by atoms with Gasteiger partial charge in [0.15, 0.2) is 5.65 Å². The van der Waals surface area contributed by atoms with Gasteiger partial charge in [0.2, 0.25) is 0 Å². The number of aryl methyl sites for hydroxylation is 1. The Bertz CT molecular complexity index is 842. The molecule has 4 rings (SSSR count). The lowest BCUT2D eigenvalue weighted by Gasteiger charge is -2.24. The van der Waals surface area contributed by atoms with Gasteiger partial charge in [0, 0.05) is 57.5 Å². The highest BCUT2D eigenvalue weighted by Crippen LogP contribution is 2.22. The first-order valence-electron chi connectivity index (χ1n) is 8.51. The van der Waals surface area contributed by atoms with Crippen LogP contribution < -0.4 is 5.32 Å². The van der Waals surface area contributed by atoms with E-state index >= 15 is 0 Å². The van der Waals surface area contributed by atoms with E-state index in [1.54, 1.807) is 18.6 Å². The predicted molar refractivity (Wildman–Crippen MR) is 91.6 cm³/mol. The van der Waals surface area contributed by atoms with Crippen molar-refractivity contribution in [3.8, 4) is 0 Å². The van der Waals surface area contributed by atoms with Gasteiger partial charge in [-0.3, -0.25) is 14.3 Å². The van der Waals surface area contributed by atoms with Crippen LogP contribution in [-0.4, -0.2) is 54.1 Å². The van der Waals surface area contributed by atoms with E-state index < -0.39 is 6.17 Å². The van der Waals surface area contributed by atoms with Crippen molar-refractivity contribution in [1.82, 2.24) is 34.1 Å². The molecule has 132 valence electrons. The van der Waals surface area contributed by atoms with E-state index in [4.69, 9.17) is 0 Å². The molecule has 0 saturated carbocycles. The van der Waals surface area contributed by atoms with Gasteiger partial charge in [-0.1, -0.05) is 0 Å². The van der Waals surface area contributed by atoms with E-state index in [1.807, 2.05) is 34.6 Å². The molecule has 0 bridgehead atoms. The van der Waals surface area contributed by atoms with Crippen LogP contribution in [-0.2, 0) is 20.1 Å². The predicted octanol–water partition coefficient (Wildman–Crippen LogP) is 1.16. The molecule has 8 heteroatoms. The fourth-order valence-corrected chi connectivity index (χ4v) is 3.45. The Balaban J connectivity index is 1.37. The number of hydrogen-bond donors (Lipinski definition) is 1. The molecule has 0 aliphatic carbocycles. The normalized spacial score (nSPS) is 21.4. The quantitative estimate of drug-likeness (QED) is 0.728. The molecule has 0 unspecified atom stereocenters. The topological polar surface area (TPSA) is 63.3 Å². The molecule has 3 aromatic heterocycles. The molecule has 0 amide bonds. The van der Waals surface area contributed by atoms with E-state index in [-0.39, 0.29) is 6.04 Å². The lowest BCUT2D eigenvalue weighted by Crippen LogP contribution is -2.38. The minimum atomic E-state index is -0.770. The molecule has 3 aromatic rings. The van der Waals surface area contributed by atoms with Crippen LogP contribution in [0.4, 0.5) is 4.39 Å². The standard InChI is InChI=1S/C17H22FN7/c1-23-4-3-21-17(23)12-24-11-13(18)6-14(24)7-20-8-15-9-22-16-10-19-2-5-25(15)16/h2-5,9-10,13-14,20H,6-8,11-12H2,1H3/t13-,14-/m0/s1. The van der Waals surface area contributed by atoms with Crippen molar-refractivity contribution < 1.29 is 4.39 Å². The summed E-state index contributed by atoms with van der Waals surface area (Å²) in [5, 5.41) is 3.45. The second-order valence-corrected chi connectivity index (χ2v) is 6.56. The molecule has 1 aliphatic rings. The molecule has 7 nitrogen and oxygen atoms in total.